The van der Waals surface area contributed by atoms with Crippen molar-refractivity contribution in [2.45, 2.75) is 24.6 Å². The fourth-order valence-electron chi connectivity index (χ4n) is 4.83. The quantitative estimate of drug-likeness (QED) is 0.200. The molecule has 0 saturated carbocycles. The number of amides is 1. The van der Waals surface area contributed by atoms with Gasteiger partial charge >= 0.3 is 12.1 Å². The molecule has 40 heavy (non-hydrogen) atoms. The van der Waals surface area contributed by atoms with Crippen LogP contribution >= 0.6 is 11.6 Å². The minimum Gasteiger partial charge on any atom is -0.482 e. The van der Waals surface area contributed by atoms with E-state index in [-0.39, 0.29) is 40.7 Å². The third-order valence-corrected chi connectivity index (χ3v) is 7.10. The van der Waals surface area contributed by atoms with Crippen molar-refractivity contribution in [2.75, 3.05) is 25.2 Å². The molecular formula is C29H24ClF4NO5. The van der Waals surface area contributed by atoms with E-state index in [2.05, 4.69) is 11.3 Å². The number of hydrogen-bond donors (Lipinski definition) is 1. The standard InChI is InChI=1S/C29H24ClF4NO5/c1-4-12-35-22-14-18(8-11-23(22)40-15-24(35)36)28(38,29(32,33)34)16(2)25-20(17-6-5-7-19(30)13-17)9-10-21(26(25)31)27(37)39-3/h4-11,13-14,16,38H,1,12,15H2,2-3H3. The lowest BCUT2D eigenvalue weighted by atomic mass is 9.74. The first-order valence-corrected chi connectivity index (χ1v) is 12.4. The summed E-state index contributed by atoms with van der Waals surface area (Å²) in [4.78, 5) is 25.9. The van der Waals surface area contributed by atoms with Gasteiger partial charge in [0.05, 0.1) is 18.4 Å². The molecular weight excluding hydrogens is 554 g/mol. The molecule has 0 aliphatic carbocycles. The fourth-order valence-corrected chi connectivity index (χ4v) is 5.02. The summed E-state index contributed by atoms with van der Waals surface area (Å²) >= 11 is 6.10. The van der Waals surface area contributed by atoms with Crippen LogP contribution < -0.4 is 9.64 Å². The molecule has 11 heteroatoms. The Morgan fingerprint density at radius 1 is 1.23 bits per heavy atom. The lowest BCUT2D eigenvalue weighted by molar-refractivity contribution is -0.274. The Hall–Kier alpha value is -3.89. The summed E-state index contributed by atoms with van der Waals surface area (Å²) in [6.07, 6.45) is -3.95. The van der Waals surface area contributed by atoms with Crippen LogP contribution in [0.25, 0.3) is 11.1 Å². The van der Waals surface area contributed by atoms with Crippen molar-refractivity contribution in [2.24, 2.45) is 0 Å². The van der Waals surface area contributed by atoms with Gasteiger partial charge in [-0.1, -0.05) is 48.9 Å². The molecule has 210 valence electrons. The van der Waals surface area contributed by atoms with Gasteiger partial charge in [0.25, 0.3) is 5.91 Å². The first kappa shape index (κ1) is 29.1. The van der Waals surface area contributed by atoms with Crippen molar-refractivity contribution in [3.05, 3.63) is 94.8 Å². The number of benzene rings is 3. The van der Waals surface area contributed by atoms with Crippen LogP contribution in [0.3, 0.4) is 0 Å². The average Bonchev–Trinajstić information content (AvgIpc) is 2.92. The Kier molecular flexibility index (Phi) is 7.96. The van der Waals surface area contributed by atoms with Crippen LogP contribution in [0.2, 0.25) is 5.02 Å². The minimum atomic E-state index is -5.34. The first-order valence-electron chi connectivity index (χ1n) is 12.0. The number of ether oxygens (including phenoxy) is 2. The number of aliphatic hydroxyl groups is 1. The van der Waals surface area contributed by atoms with E-state index in [4.69, 9.17) is 16.3 Å². The highest BCUT2D eigenvalue weighted by atomic mass is 35.5. The Balaban J connectivity index is 1.99. The molecule has 3 aromatic carbocycles. The smallest absolute Gasteiger partial charge is 0.422 e. The van der Waals surface area contributed by atoms with Crippen molar-refractivity contribution in [3.63, 3.8) is 0 Å². The van der Waals surface area contributed by atoms with Gasteiger partial charge in [-0.2, -0.15) is 13.2 Å². The zero-order valence-corrected chi connectivity index (χ0v) is 22.1. The van der Waals surface area contributed by atoms with Crippen LogP contribution in [-0.2, 0) is 15.1 Å². The molecule has 6 nitrogen and oxygen atoms in total. The first-order chi connectivity index (χ1) is 18.8. The summed E-state index contributed by atoms with van der Waals surface area (Å²) < 4.78 is 70.8. The second-order valence-corrected chi connectivity index (χ2v) is 9.58. The highest BCUT2D eigenvalue weighted by molar-refractivity contribution is 6.30. The summed E-state index contributed by atoms with van der Waals surface area (Å²) in [5, 5.41) is 11.8. The highest BCUT2D eigenvalue weighted by Gasteiger charge is 2.60. The summed E-state index contributed by atoms with van der Waals surface area (Å²) in [5.74, 6) is -4.81. The number of hydrogen-bond acceptors (Lipinski definition) is 5. The van der Waals surface area contributed by atoms with E-state index >= 15 is 4.39 Å². The minimum absolute atomic E-state index is 0.0117. The molecule has 1 N–H and O–H groups in total. The number of anilines is 1. The zero-order chi connectivity index (χ0) is 29.4. The number of nitrogens with zero attached hydrogens (tertiary/aromatic N) is 1. The van der Waals surface area contributed by atoms with E-state index < -0.39 is 52.1 Å². The number of esters is 1. The zero-order valence-electron chi connectivity index (χ0n) is 21.4. The van der Waals surface area contributed by atoms with Crippen LogP contribution in [0.4, 0.5) is 23.2 Å². The van der Waals surface area contributed by atoms with Gasteiger partial charge in [-0.05, 0) is 47.0 Å². The molecule has 0 aromatic heterocycles. The van der Waals surface area contributed by atoms with E-state index in [0.717, 1.165) is 32.2 Å². The molecule has 0 radical (unpaired) electrons. The van der Waals surface area contributed by atoms with Gasteiger partial charge in [-0.3, -0.25) is 4.79 Å². The number of halogens is 5. The number of alkyl halides is 3. The Morgan fingerprint density at radius 3 is 2.58 bits per heavy atom. The average molecular weight is 578 g/mol. The van der Waals surface area contributed by atoms with E-state index in [1.165, 1.54) is 47.4 Å². The van der Waals surface area contributed by atoms with Crippen molar-refractivity contribution < 1.29 is 41.7 Å². The predicted octanol–water partition coefficient (Wildman–Crippen LogP) is 6.40. The maximum Gasteiger partial charge on any atom is 0.422 e. The van der Waals surface area contributed by atoms with Gasteiger partial charge in [0.15, 0.2) is 12.2 Å². The molecule has 1 amide bonds. The molecule has 2 unspecified atom stereocenters. The van der Waals surface area contributed by atoms with E-state index in [1.807, 2.05) is 0 Å². The van der Waals surface area contributed by atoms with Gasteiger partial charge in [0.1, 0.15) is 11.6 Å². The molecule has 0 saturated heterocycles. The van der Waals surface area contributed by atoms with E-state index in [0.29, 0.717) is 0 Å². The van der Waals surface area contributed by atoms with Crippen LogP contribution in [-0.4, -0.2) is 43.4 Å². The van der Waals surface area contributed by atoms with Crippen molar-refractivity contribution >= 4 is 29.2 Å². The summed E-state index contributed by atoms with van der Waals surface area (Å²) in [6.45, 7) is 4.23. The molecule has 1 heterocycles. The molecule has 1 aliphatic heterocycles. The SMILES string of the molecule is C=CCN1C(=O)COc2ccc(C(O)(C(C)c3c(-c4cccc(Cl)c4)ccc(C(=O)OC)c3F)C(F)(F)F)cc21. The third-order valence-electron chi connectivity index (χ3n) is 6.87. The monoisotopic (exact) mass is 577 g/mol. The molecule has 0 fully saturated rings. The van der Waals surface area contributed by atoms with Crippen LogP contribution in [0.15, 0.2) is 67.3 Å². The van der Waals surface area contributed by atoms with Crippen LogP contribution in [0, 0.1) is 5.82 Å². The fraction of sp³-hybridized carbons (Fsp3) is 0.241. The highest BCUT2D eigenvalue weighted by Crippen LogP contribution is 2.52. The number of rotatable bonds is 7. The van der Waals surface area contributed by atoms with Crippen molar-refractivity contribution in [1.29, 1.82) is 0 Å². The molecule has 4 rings (SSSR count). The largest absolute Gasteiger partial charge is 0.482 e. The van der Waals surface area contributed by atoms with Gasteiger partial charge in [-0.15, -0.1) is 6.58 Å². The van der Waals surface area contributed by atoms with Gasteiger partial charge < -0.3 is 19.5 Å². The molecule has 0 spiro atoms. The van der Waals surface area contributed by atoms with Gasteiger partial charge in [0.2, 0.25) is 0 Å². The van der Waals surface area contributed by atoms with E-state index in [1.54, 1.807) is 0 Å². The lowest BCUT2D eigenvalue weighted by Crippen LogP contribution is -2.47. The molecule has 0 bridgehead atoms. The maximum atomic E-state index is 16.0. The summed E-state index contributed by atoms with van der Waals surface area (Å²) in [6, 6.07) is 11.6. The lowest BCUT2D eigenvalue weighted by Gasteiger charge is -2.39. The number of carbonyl (C=O) groups excluding carboxylic acids is 2. The Bertz CT molecular complexity index is 1490. The second kappa shape index (κ2) is 10.9. The number of methoxy groups -OCH3 is 1. The molecule has 2 atom stereocenters. The predicted molar refractivity (Wildman–Crippen MR) is 141 cm³/mol. The van der Waals surface area contributed by atoms with Crippen LogP contribution in [0.1, 0.15) is 34.3 Å². The second-order valence-electron chi connectivity index (χ2n) is 9.14. The maximum absolute atomic E-state index is 16.0. The van der Waals surface area contributed by atoms with Crippen molar-refractivity contribution in [3.8, 4) is 16.9 Å². The van der Waals surface area contributed by atoms with Gasteiger partial charge in [0, 0.05) is 23.0 Å². The number of fused-ring (bicyclic) bond motifs is 1. The molecule has 3 aromatic rings. The Labute approximate surface area is 232 Å². The molecule has 1 aliphatic rings. The van der Waals surface area contributed by atoms with Crippen molar-refractivity contribution in [1.82, 2.24) is 0 Å². The van der Waals surface area contributed by atoms with Gasteiger partial charge in [-0.25, -0.2) is 9.18 Å². The third kappa shape index (κ3) is 4.93. The normalized spacial score (nSPS) is 15.5. The van der Waals surface area contributed by atoms with Crippen LogP contribution in [0.5, 0.6) is 5.75 Å². The number of carbonyl (C=O) groups is 2. The Morgan fingerprint density at radius 2 is 1.95 bits per heavy atom. The van der Waals surface area contributed by atoms with E-state index in [9.17, 15) is 27.9 Å². The topological polar surface area (TPSA) is 76.1 Å². The summed E-state index contributed by atoms with van der Waals surface area (Å²) in [5.41, 5.74) is -5.32. The summed E-state index contributed by atoms with van der Waals surface area (Å²) in [7, 11) is 1.01.